The largest absolute Gasteiger partial charge is 0.432 e. The first kappa shape index (κ1) is 12.3. The highest BCUT2D eigenvalue weighted by atomic mass is 31.2. The Hall–Kier alpha value is -0.680. The van der Waals surface area contributed by atoms with E-state index in [1.165, 1.54) is 0 Å². The standard InChI is InChI=1S/C6H12NO5P/c1-2-6(9)7(4-3-5-8)13(10,11)12/h2,8H,1,3-5H2,(H2,10,11,12). The minimum absolute atomic E-state index is 0.116. The molecular weight excluding hydrogens is 197 g/mol. The van der Waals surface area contributed by atoms with Crippen LogP contribution < -0.4 is 0 Å². The summed E-state index contributed by atoms with van der Waals surface area (Å²) in [5, 5.41) is 8.42. The third-order valence-corrected chi connectivity index (χ3v) is 2.30. The smallest absolute Gasteiger partial charge is 0.396 e. The number of carbonyl (C=O) groups is 1. The molecule has 0 aromatic carbocycles. The van der Waals surface area contributed by atoms with Crippen molar-refractivity contribution < 1.29 is 24.3 Å². The van der Waals surface area contributed by atoms with Gasteiger partial charge in [0.25, 0.3) is 5.91 Å². The van der Waals surface area contributed by atoms with E-state index in [-0.39, 0.29) is 19.6 Å². The van der Waals surface area contributed by atoms with Crippen LogP contribution in [0, 0.1) is 0 Å². The van der Waals surface area contributed by atoms with Crippen LogP contribution >= 0.6 is 7.75 Å². The topological polar surface area (TPSA) is 98.1 Å². The second kappa shape index (κ2) is 5.14. The SMILES string of the molecule is C=CC(=O)N(CCCO)P(=O)(O)O. The fourth-order valence-corrected chi connectivity index (χ4v) is 1.44. The second-order valence-corrected chi connectivity index (χ2v) is 3.77. The van der Waals surface area contributed by atoms with Crippen LogP contribution in [0.15, 0.2) is 12.7 Å². The predicted octanol–water partition coefficient (Wildman–Crippen LogP) is -0.524. The minimum Gasteiger partial charge on any atom is -0.396 e. The zero-order chi connectivity index (χ0) is 10.5. The Bertz CT molecular complexity index is 235. The monoisotopic (exact) mass is 209 g/mol. The fraction of sp³-hybridized carbons (Fsp3) is 0.500. The van der Waals surface area contributed by atoms with Crippen LogP contribution in [0.1, 0.15) is 6.42 Å². The van der Waals surface area contributed by atoms with Gasteiger partial charge in [0.05, 0.1) is 0 Å². The van der Waals surface area contributed by atoms with E-state index < -0.39 is 13.7 Å². The Morgan fingerprint density at radius 3 is 2.38 bits per heavy atom. The normalized spacial score (nSPS) is 11.0. The Morgan fingerprint density at radius 1 is 1.54 bits per heavy atom. The van der Waals surface area contributed by atoms with Gasteiger partial charge in [-0.05, 0) is 12.5 Å². The molecule has 0 radical (unpaired) electrons. The first-order chi connectivity index (χ1) is 5.93. The Morgan fingerprint density at radius 2 is 2.08 bits per heavy atom. The maximum atomic E-state index is 10.9. The van der Waals surface area contributed by atoms with Gasteiger partial charge in [0.1, 0.15) is 0 Å². The van der Waals surface area contributed by atoms with E-state index in [4.69, 9.17) is 14.9 Å². The molecule has 0 saturated carbocycles. The number of amides is 1. The summed E-state index contributed by atoms with van der Waals surface area (Å²) in [7, 11) is -4.58. The average molecular weight is 209 g/mol. The van der Waals surface area contributed by atoms with Gasteiger partial charge < -0.3 is 14.9 Å². The first-order valence-corrected chi connectivity index (χ1v) is 5.10. The van der Waals surface area contributed by atoms with Crippen molar-refractivity contribution in [3.05, 3.63) is 12.7 Å². The summed E-state index contributed by atoms with van der Waals surface area (Å²) in [6.07, 6.45) is 0.932. The molecule has 0 aromatic heterocycles. The van der Waals surface area contributed by atoms with Gasteiger partial charge in [-0.2, -0.15) is 0 Å². The molecule has 0 unspecified atom stereocenters. The van der Waals surface area contributed by atoms with Crippen LogP contribution in [0.25, 0.3) is 0 Å². The molecule has 7 heteroatoms. The van der Waals surface area contributed by atoms with Crippen LogP contribution in [0.3, 0.4) is 0 Å². The molecule has 0 spiro atoms. The zero-order valence-electron chi connectivity index (χ0n) is 6.96. The van der Waals surface area contributed by atoms with Gasteiger partial charge in [-0.3, -0.25) is 4.79 Å². The van der Waals surface area contributed by atoms with E-state index in [1.54, 1.807) is 0 Å². The molecular formula is C6H12NO5P. The summed E-state index contributed by atoms with van der Waals surface area (Å²) in [5.74, 6) is -0.846. The van der Waals surface area contributed by atoms with Crippen molar-refractivity contribution in [2.45, 2.75) is 6.42 Å². The van der Waals surface area contributed by atoms with Crippen molar-refractivity contribution in [3.8, 4) is 0 Å². The van der Waals surface area contributed by atoms with Crippen molar-refractivity contribution in [2.75, 3.05) is 13.2 Å². The van der Waals surface area contributed by atoms with Crippen LogP contribution in [0.4, 0.5) is 0 Å². The Kier molecular flexibility index (Phi) is 4.87. The fourth-order valence-electron chi connectivity index (χ4n) is 0.695. The molecule has 0 fully saturated rings. The van der Waals surface area contributed by atoms with E-state index in [1.807, 2.05) is 0 Å². The molecule has 6 nitrogen and oxygen atoms in total. The molecule has 0 bridgehead atoms. The van der Waals surface area contributed by atoms with Gasteiger partial charge in [-0.1, -0.05) is 6.58 Å². The highest BCUT2D eigenvalue weighted by Crippen LogP contribution is 2.39. The summed E-state index contributed by atoms with van der Waals surface area (Å²) in [4.78, 5) is 28.3. The molecule has 0 aliphatic carbocycles. The van der Waals surface area contributed by atoms with E-state index in [0.717, 1.165) is 6.08 Å². The number of rotatable bonds is 5. The van der Waals surface area contributed by atoms with Crippen molar-refractivity contribution >= 4 is 13.7 Å². The number of aliphatic hydroxyl groups is 1. The summed E-state index contributed by atoms with van der Waals surface area (Å²) in [6, 6.07) is 0. The maximum absolute atomic E-state index is 10.9. The third kappa shape index (κ3) is 4.19. The summed E-state index contributed by atoms with van der Waals surface area (Å²) >= 11 is 0. The number of aliphatic hydroxyl groups excluding tert-OH is 1. The van der Waals surface area contributed by atoms with Crippen molar-refractivity contribution in [2.24, 2.45) is 0 Å². The lowest BCUT2D eigenvalue weighted by atomic mass is 10.4. The van der Waals surface area contributed by atoms with Crippen LogP contribution in [-0.4, -0.2) is 38.6 Å². The van der Waals surface area contributed by atoms with Gasteiger partial charge in [0.15, 0.2) is 0 Å². The molecule has 1 amide bonds. The van der Waals surface area contributed by atoms with Crippen LogP contribution in [0.5, 0.6) is 0 Å². The number of nitrogens with zero attached hydrogens (tertiary/aromatic N) is 1. The predicted molar refractivity (Wildman–Crippen MR) is 45.7 cm³/mol. The molecule has 13 heavy (non-hydrogen) atoms. The molecule has 3 N–H and O–H groups in total. The third-order valence-electron chi connectivity index (χ3n) is 1.27. The van der Waals surface area contributed by atoms with Crippen molar-refractivity contribution in [3.63, 3.8) is 0 Å². The summed E-state index contributed by atoms with van der Waals surface area (Å²) in [5.41, 5.74) is 0. The highest BCUT2D eigenvalue weighted by molar-refractivity contribution is 7.50. The zero-order valence-corrected chi connectivity index (χ0v) is 7.85. The number of hydrogen-bond acceptors (Lipinski definition) is 3. The Labute approximate surface area is 75.7 Å². The molecule has 76 valence electrons. The molecule has 0 atom stereocenters. The molecule has 0 rings (SSSR count). The molecule has 0 aliphatic heterocycles. The Balaban J connectivity index is 4.46. The summed E-state index contributed by atoms with van der Waals surface area (Å²) in [6.45, 7) is 2.68. The van der Waals surface area contributed by atoms with Gasteiger partial charge in [-0.25, -0.2) is 9.24 Å². The van der Waals surface area contributed by atoms with E-state index in [2.05, 4.69) is 6.58 Å². The first-order valence-electron chi connectivity index (χ1n) is 3.54. The van der Waals surface area contributed by atoms with Crippen molar-refractivity contribution in [1.82, 2.24) is 4.67 Å². The van der Waals surface area contributed by atoms with E-state index in [0.29, 0.717) is 4.67 Å². The van der Waals surface area contributed by atoms with E-state index >= 15 is 0 Å². The van der Waals surface area contributed by atoms with Gasteiger partial charge in [0.2, 0.25) is 0 Å². The van der Waals surface area contributed by atoms with Gasteiger partial charge in [-0.15, -0.1) is 0 Å². The maximum Gasteiger partial charge on any atom is 0.432 e. The number of carbonyl (C=O) groups excluding carboxylic acids is 1. The van der Waals surface area contributed by atoms with Gasteiger partial charge in [0, 0.05) is 13.2 Å². The lowest BCUT2D eigenvalue weighted by Crippen LogP contribution is -2.27. The van der Waals surface area contributed by atoms with Crippen LogP contribution in [-0.2, 0) is 9.36 Å². The molecule has 0 aromatic rings. The van der Waals surface area contributed by atoms with E-state index in [9.17, 15) is 9.36 Å². The lowest BCUT2D eigenvalue weighted by Gasteiger charge is -2.20. The molecule has 0 saturated heterocycles. The average Bonchev–Trinajstić information content (AvgIpc) is 2.02. The van der Waals surface area contributed by atoms with Crippen LogP contribution in [0.2, 0.25) is 0 Å². The quantitative estimate of drug-likeness (QED) is 0.418. The van der Waals surface area contributed by atoms with Gasteiger partial charge >= 0.3 is 7.75 Å². The minimum atomic E-state index is -4.58. The molecule has 0 aliphatic rings. The van der Waals surface area contributed by atoms with Crippen molar-refractivity contribution in [1.29, 1.82) is 0 Å². The highest BCUT2D eigenvalue weighted by Gasteiger charge is 2.27. The second-order valence-electron chi connectivity index (χ2n) is 2.26. The summed E-state index contributed by atoms with van der Waals surface area (Å²) < 4.78 is 11.1. The lowest BCUT2D eigenvalue weighted by molar-refractivity contribution is -0.122. The number of hydrogen-bond donors (Lipinski definition) is 3. The molecule has 0 heterocycles.